The van der Waals surface area contributed by atoms with Crippen LogP contribution in [-0.4, -0.2) is 42.1 Å². The van der Waals surface area contributed by atoms with Crippen LogP contribution in [0.15, 0.2) is 59.5 Å². The molecule has 0 aliphatic carbocycles. The van der Waals surface area contributed by atoms with E-state index in [0.717, 1.165) is 12.2 Å². The Bertz CT molecular complexity index is 775. The van der Waals surface area contributed by atoms with Crippen LogP contribution < -0.4 is 5.32 Å². The largest absolute Gasteiger partial charge is 0.356 e. The molecule has 0 bridgehead atoms. The minimum absolute atomic E-state index is 0.0426. The molecule has 2 aromatic carbocycles. The van der Waals surface area contributed by atoms with Crippen molar-refractivity contribution < 1.29 is 14.0 Å². The Kier molecular flexibility index (Phi) is 7.48. The normalized spacial score (nSPS) is 14.7. The van der Waals surface area contributed by atoms with Crippen molar-refractivity contribution >= 4 is 23.6 Å². The number of thioether (sulfide) groups is 1. The van der Waals surface area contributed by atoms with Crippen LogP contribution in [-0.2, 0) is 4.79 Å². The van der Waals surface area contributed by atoms with Crippen LogP contribution in [0.5, 0.6) is 0 Å². The second kappa shape index (κ2) is 10.3. The lowest BCUT2D eigenvalue weighted by Gasteiger charge is -2.31. The minimum Gasteiger partial charge on any atom is -0.356 e. The smallest absolute Gasteiger partial charge is 0.253 e. The zero-order chi connectivity index (χ0) is 19.8. The number of nitrogens with zero attached hydrogens (tertiary/aromatic N) is 1. The summed E-state index contributed by atoms with van der Waals surface area (Å²) < 4.78 is 13.0. The summed E-state index contributed by atoms with van der Waals surface area (Å²) in [6.45, 7) is 1.78. The number of benzene rings is 2. The summed E-state index contributed by atoms with van der Waals surface area (Å²) in [7, 11) is 0. The number of hydrogen-bond acceptors (Lipinski definition) is 3. The fraction of sp³-hybridized carbons (Fsp3) is 0.364. The van der Waals surface area contributed by atoms with Crippen LogP contribution in [0.3, 0.4) is 0 Å². The average molecular weight is 401 g/mol. The Hall–Kier alpha value is -2.34. The molecule has 1 heterocycles. The van der Waals surface area contributed by atoms with Crippen molar-refractivity contribution in [2.24, 2.45) is 5.92 Å². The quantitative estimate of drug-likeness (QED) is 0.565. The number of piperidine rings is 1. The second-order valence-electron chi connectivity index (χ2n) is 6.88. The van der Waals surface area contributed by atoms with Gasteiger partial charge in [-0.2, -0.15) is 0 Å². The molecular weight excluding hydrogens is 375 g/mol. The third kappa shape index (κ3) is 5.83. The summed E-state index contributed by atoms with van der Waals surface area (Å²) in [5.41, 5.74) is 0.486. The highest BCUT2D eigenvalue weighted by Gasteiger charge is 2.27. The van der Waals surface area contributed by atoms with E-state index in [9.17, 15) is 14.0 Å². The molecule has 0 aromatic heterocycles. The van der Waals surface area contributed by atoms with Crippen molar-refractivity contribution in [1.82, 2.24) is 10.2 Å². The molecule has 148 valence electrons. The standard InChI is InChI=1S/C22H25FN2O2S/c23-19-9-7-18(8-10-19)22(27)25-14-11-17(12-15-25)21(26)24-13-4-16-28-20-5-2-1-3-6-20/h1-3,5-10,17H,4,11-16H2,(H,24,26). The van der Waals surface area contributed by atoms with E-state index in [4.69, 9.17) is 0 Å². The number of halogens is 1. The second-order valence-corrected chi connectivity index (χ2v) is 8.05. The summed E-state index contributed by atoms with van der Waals surface area (Å²) in [6.07, 6.45) is 2.25. The summed E-state index contributed by atoms with van der Waals surface area (Å²) in [5.74, 6) is 0.554. The van der Waals surface area contributed by atoms with Gasteiger partial charge in [0.1, 0.15) is 5.82 Å². The summed E-state index contributed by atoms with van der Waals surface area (Å²) in [4.78, 5) is 27.8. The highest BCUT2D eigenvalue weighted by molar-refractivity contribution is 7.99. The van der Waals surface area contributed by atoms with E-state index >= 15 is 0 Å². The Morgan fingerprint density at radius 1 is 1.04 bits per heavy atom. The van der Waals surface area contributed by atoms with E-state index < -0.39 is 0 Å². The van der Waals surface area contributed by atoms with E-state index in [-0.39, 0.29) is 23.5 Å². The molecule has 1 aliphatic rings. The maximum Gasteiger partial charge on any atom is 0.253 e. The number of rotatable bonds is 7. The first kappa shape index (κ1) is 20.4. The first-order valence-corrected chi connectivity index (χ1v) is 10.6. The Morgan fingerprint density at radius 3 is 2.39 bits per heavy atom. The van der Waals surface area contributed by atoms with Crippen LogP contribution >= 0.6 is 11.8 Å². The maximum absolute atomic E-state index is 13.0. The Balaban J connectivity index is 1.34. The molecule has 2 aromatic rings. The molecule has 1 saturated heterocycles. The van der Waals surface area contributed by atoms with Gasteiger partial charge < -0.3 is 10.2 Å². The van der Waals surface area contributed by atoms with Crippen LogP contribution in [0.1, 0.15) is 29.6 Å². The van der Waals surface area contributed by atoms with Crippen LogP contribution in [0.25, 0.3) is 0 Å². The molecule has 6 heteroatoms. The number of carbonyl (C=O) groups excluding carboxylic acids is 2. The first-order chi connectivity index (χ1) is 13.6. The van der Waals surface area contributed by atoms with Gasteiger partial charge in [-0.05, 0) is 61.4 Å². The van der Waals surface area contributed by atoms with Crippen molar-refractivity contribution in [2.45, 2.75) is 24.2 Å². The molecule has 1 aliphatic heterocycles. The summed E-state index contributed by atoms with van der Waals surface area (Å²) >= 11 is 1.79. The van der Waals surface area contributed by atoms with E-state index in [0.29, 0.717) is 38.0 Å². The van der Waals surface area contributed by atoms with Crippen molar-refractivity contribution in [3.63, 3.8) is 0 Å². The molecule has 3 rings (SSSR count). The molecule has 4 nitrogen and oxygen atoms in total. The Labute approximate surface area is 169 Å². The molecule has 2 amide bonds. The van der Waals surface area contributed by atoms with Gasteiger partial charge in [0.05, 0.1) is 0 Å². The molecule has 28 heavy (non-hydrogen) atoms. The number of carbonyl (C=O) groups is 2. The highest BCUT2D eigenvalue weighted by Crippen LogP contribution is 2.20. The highest BCUT2D eigenvalue weighted by atomic mass is 32.2. The van der Waals surface area contributed by atoms with Gasteiger partial charge in [0.15, 0.2) is 0 Å². The number of nitrogens with one attached hydrogen (secondary N) is 1. The lowest BCUT2D eigenvalue weighted by Crippen LogP contribution is -2.43. The van der Waals surface area contributed by atoms with Gasteiger partial charge >= 0.3 is 0 Å². The zero-order valence-corrected chi connectivity index (χ0v) is 16.6. The topological polar surface area (TPSA) is 49.4 Å². The van der Waals surface area contributed by atoms with E-state index in [1.54, 1.807) is 16.7 Å². The monoisotopic (exact) mass is 400 g/mol. The van der Waals surface area contributed by atoms with Gasteiger partial charge in [0.2, 0.25) is 5.91 Å². The van der Waals surface area contributed by atoms with Gasteiger partial charge in [-0.25, -0.2) is 4.39 Å². The molecule has 1 N–H and O–H groups in total. The van der Waals surface area contributed by atoms with Crippen LogP contribution in [0.4, 0.5) is 4.39 Å². The first-order valence-electron chi connectivity index (χ1n) is 9.64. The fourth-order valence-corrected chi connectivity index (χ4v) is 4.13. The molecule has 0 saturated carbocycles. The van der Waals surface area contributed by atoms with E-state index in [1.165, 1.54) is 29.2 Å². The molecule has 0 unspecified atom stereocenters. The number of amides is 2. The van der Waals surface area contributed by atoms with Gasteiger partial charge in [0.25, 0.3) is 5.91 Å². The lowest BCUT2D eigenvalue weighted by atomic mass is 9.95. The average Bonchev–Trinajstić information content (AvgIpc) is 2.74. The van der Waals surface area contributed by atoms with E-state index in [1.807, 2.05) is 18.2 Å². The SMILES string of the molecule is O=C(NCCCSc1ccccc1)C1CCN(C(=O)c2ccc(F)cc2)CC1. The predicted molar refractivity (Wildman–Crippen MR) is 110 cm³/mol. The van der Waals surface area contributed by atoms with E-state index in [2.05, 4.69) is 17.4 Å². The maximum atomic E-state index is 13.0. The zero-order valence-electron chi connectivity index (χ0n) is 15.8. The third-order valence-electron chi connectivity index (χ3n) is 4.88. The summed E-state index contributed by atoms with van der Waals surface area (Å²) in [5, 5.41) is 3.02. The van der Waals surface area contributed by atoms with Crippen LogP contribution in [0, 0.1) is 11.7 Å². The number of likely N-dealkylation sites (tertiary alicyclic amines) is 1. The van der Waals surface area contributed by atoms with Crippen LogP contribution in [0.2, 0.25) is 0 Å². The van der Waals surface area contributed by atoms with Crippen molar-refractivity contribution in [2.75, 3.05) is 25.4 Å². The van der Waals surface area contributed by atoms with Crippen molar-refractivity contribution in [3.05, 3.63) is 66.0 Å². The Morgan fingerprint density at radius 2 is 1.71 bits per heavy atom. The third-order valence-corrected chi connectivity index (χ3v) is 5.97. The van der Waals surface area contributed by atoms with Crippen molar-refractivity contribution in [3.8, 4) is 0 Å². The molecule has 0 atom stereocenters. The predicted octanol–water partition coefficient (Wildman–Crippen LogP) is 3.98. The fourth-order valence-electron chi connectivity index (χ4n) is 3.25. The molecular formula is C22H25FN2O2S. The van der Waals surface area contributed by atoms with Gasteiger partial charge in [-0.15, -0.1) is 11.8 Å². The number of hydrogen-bond donors (Lipinski definition) is 1. The van der Waals surface area contributed by atoms with Gasteiger partial charge in [-0.1, -0.05) is 18.2 Å². The minimum atomic E-state index is -0.353. The molecule has 0 spiro atoms. The lowest BCUT2D eigenvalue weighted by molar-refractivity contribution is -0.126. The van der Waals surface area contributed by atoms with Gasteiger partial charge in [-0.3, -0.25) is 9.59 Å². The van der Waals surface area contributed by atoms with Gasteiger partial charge in [0, 0.05) is 36.0 Å². The summed E-state index contributed by atoms with van der Waals surface area (Å²) in [6, 6.07) is 15.8. The molecule has 1 fully saturated rings. The molecule has 0 radical (unpaired) electrons. The van der Waals surface area contributed by atoms with Crippen molar-refractivity contribution in [1.29, 1.82) is 0 Å².